The highest BCUT2D eigenvalue weighted by Crippen LogP contribution is 2.24. The van der Waals surface area contributed by atoms with E-state index in [9.17, 15) is 0 Å². The molecular weight excluding hydrogens is 344 g/mol. The maximum absolute atomic E-state index is 6.02. The van der Waals surface area contributed by atoms with Gasteiger partial charge in [0.05, 0.1) is 12.7 Å². The number of aromatic nitrogens is 1. The van der Waals surface area contributed by atoms with E-state index in [4.69, 9.17) is 4.74 Å². The average molecular weight is 375 g/mol. The normalized spacial score (nSPS) is 18.0. The predicted molar refractivity (Wildman–Crippen MR) is 115 cm³/mol. The highest BCUT2D eigenvalue weighted by Gasteiger charge is 2.26. The van der Waals surface area contributed by atoms with Gasteiger partial charge in [-0.05, 0) is 30.2 Å². The molecule has 3 heteroatoms. The molecule has 0 saturated carbocycles. The topological polar surface area (TPSA) is 25.4 Å². The molecule has 1 aliphatic rings. The van der Waals surface area contributed by atoms with Crippen LogP contribution in [0.3, 0.4) is 0 Å². The van der Waals surface area contributed by atoms with Crippen molar-refractivity contribution < 1.29 is 4.74 Å². The van der Waals surface area contributed by atoms with Crippen molar-refractivity contribution in [1.82, 2.24) is 9.88 Å². The van der Waals surface area contributed by atoms with Gasteiger partial charge >= 0.3 is 0 Å². The Balaban J connectivity index is 0.000000271. The smallest absolute Gasteiger partial charge is 0.0768 e. The summed E-state index contributed by atoms with van der Waals surface area (Å²) in [6, 6.07) is 27.2. The van der Waals surface area contributed by atoms with E-state index in [1.165, 1.54) is 11.1 Å². The zero-order chi connectivity index (χ0) is 19.6. The van der Waals surface area contributed by atoms with Crippen LogP contribution in [-0.2, 0) is 11.3 Å². The molecule has 3 aromatic rings. The van der Waals surface area contributed by atoms with Gasteiger partial charge in [0.2, 0.25) is 0 Å². The lowest BCUT2D eigenvalue weighted by atomic mass is 9.94. The summed E-state index contributed by atoms with van der Waals surface area (Å²) >= 11 is 0. The summed E-state index contributed by atoms with van der Waals surface area (Å²) in [6.07, 6.45) is 2.07. The molecule has 28 heavy (non-hydrogen) atoms. The van der Waals surface area contributed by atoms with E-state index >= 15 is 0 Å². The maximum Gasteiger partial charge on any atom is 0.0768 e. The third kappa shape index (κ3) is 6.29. The van der Waals surface area contributed by atoms with Crippen LogP contribution in [0.2, 0.25) is 0 Å². The second-order valence-corrected chi connectivity index (χ2v) is 7.30. The third-order valence-electron chi connectivity index (χ3n) is 5.12. The van der Waals surface area contributed by atoms with Crippen LogP contribution in [0, 0.1) is 6.92 Å². The Labute approximate surface area is 169 Å². The van der Waals surface area contributed by atoms with Gasteiger partial charge in [0, 0.05) is 37.4 Å². The molecule has 0 aliphatic carbocycles. The van der Waals surface area contributed by atoms with E-state index in [1.54, 1.807) is 6.20 Å². The van der Waals surface area contributed by atoms with Gasteiger partial charge in [-0.15, -0.1) is 0 Å². The van der Waals surface area contributed by atoms with Crippen molar-refractivity contribution in [1.29, 1.82) is 0 Å². The molecule has 2 aromatic carbocycles. The summed E-state index contributed by atoms with van der Waals surface area (Å²) < 4.78 is 6.02. The Bertz CT molecular complexity index is 793. The Morgan fingerprint density at radius 1 is 0.964 bits per heavy atom. The van der Waals surface area contributed by atoms with E-state index in [-0.39, 0.29) is 6.10 Å². The van der Waals surface area contributed by atoms with Crippen LogP contribution in [-0.4, -0.2) is 35.7 Å². The zero-order valence-electron chi connectivity index (χ0n) is 16.9. The second kappa shape index (κ2) is 10.7. The first-order chi connectivity index (χ1) is 13.7. The quantitative estimate of drug-likeness (QED) is 0.637. The van der Waals surface area contributed by atoms with Gasteiger partial charge < -0.3 is 4.74 Å². The van der Waals surface area contributed by atoms with Crippen molar-refractivity contribution in [3.63, 3.8) is 0 Å². The number of rotatable bonds is 4. The average Bonchev–Trinajstić information content (AvgIpc) is 2.76. The molecule has 0 radical (unpaired) electrons. The highest BCUT2D eigenvalue weighted by atomic mass is 16.5. The molecule has 2 atom stereocenters. The summed E-state index contributed by atoms with van der Waals surface area (Å²) in [4.78, 5) is 6.48. The molecule has 0 bridgehead atoms. The molecular formula is C25H30N2O. The number of nitrogens with zero attached hydrogens (tertiary/aromatic N) is 2. The molecule has 0 amide bonds. The van der Waals surface area contributed by atoms with E-state index in [2.05, 4.69) is 77.5 Å². The Morgan fingerprint density at radius 2 is 1.64 bits per heavy atom. The highest BCUT2D eigenvalue weighted by molar-refractivity contribution is 5.20. The number of benzene rings is 2. The van der Waals surface area contributed by atoms with E-state index in [0.29, 0.717) is 5.92 Å². The minimum atomic E-state index is 0.282. The monoisotopic (exact) mass is 374 g/mol. The lowest BCUT2D eigenvalue weighted by Crippen LogP contribution is -2.44. The molecule has 4 rings (SSSR count). The van der Waals surface area contributed by atoms with Crippen LogP contribution in [0.1, 0.15) is 29.7 Å². The molecule has 146 valence electrons. The number of hydrogen-bond donors (Lipinski definition) is 0. The fourth-order valence-electron chi connectivity index (χ4n) is 3.44. The van der Waals surface area contributed by atoms with Crippen molar-refractivity contribution in [2.75, 3.05) is 19.7 Å². The SMILES string of the molecule is CC(c1ccccc1)C1CN(Cc2ccccc2)CCO1.Cc1ccccn1. The standard InChI is InChI=1S/C19H23NO.C6H7N/c1-16(18-10-6-3-7-11-18)19-15-20(12-13-21-19)14-17-8-4-2-5-9-17;1-6-4-2-3-5-7-6/h2-11,16,19H,12-15H2,1H3;2-5H,1H3. The summed E-state index contributed by atoms with van der Waals surface area (Å²) in [5.74, 6) is 0.435. The van der Waals surface area contributed by atoms with Crippen LogP contribution in [0.5, 0.6) is 0 Å². The zero-order valence-corrected chi connectivity index (χ0v) is 16.9. The van der Waals surface area contributed by atoms with Gasteiger partial charge in [-0.2, -0.15) is 0 Å². The Morgan fingerprint density at radius 3 is 2.25 bits per heavy atom. The first kappa shape index (κ1) is 20.2. The van der Waals surface area contributed by atoms with Crippen LogP contribution in [0.4, 0.5) is 0 Å². The largest absolute Gasteiger partial charge is 0.375 e. The summed E-state index contributed by atoms with van der Waals surface area (Å²) in [6.45, 7) is 8.11. The third-order valence-corrected chi connectivity index (χ3v) is 5.12. The fraction of sp³-hybridized carbons (Fsp3) is 0.320. The van der Waals surface area contributed by atoms with E-state index in [0.717, 1.165) is 31.9 Å². The van der Waals surface area contributed by atoms with Crippen molar-refractivity contribution >= 4 is 0 Å². The van der Waals surface area contributed by atoms with Crippen LogP contribution in [0.15, 0.2) is 85.1 Å². The van der Waals surface area contributed by atoms with Crippen molar-refractivity contribution in [3.8, 4) is 0 Å². The molecule has 1 aromatic heterocycles. The number of hydrogen-bond acceptors (Lipinski definition) is 3. The van der Waals surface area contributed by atoms with Gasteiger partial charge in [0.15, 0.2) is 0 Å². The minimum Gasteiger partial charge on any atom is -0.375 e. The maximum atomic E-state index is 6.02. The molecule has 0 spiro atoms. The molecule has 1 saturated heterocycles. The number of morpholine rings is 1. The number of pyridine rings is 1. The van der Waals surface area contributed by atoms with Gasteiger partial charge in [-0.25, -0.2) is 0 Å². The predicted octanol–water partition coefficient (Wildman–Crippen LogP) is 5.08. The molecule has 2 heterocycles. The number of ether oxygens (including phenoxy) is 1. The van der Waals surface area contributed by atoms with E-state index in [1.807, 2.05) is 25.1 Å². The lowest BCUT2D eigenvalue weighted by molar-refractivity contribution is -0.0418. The van der Waals surface area contributed by atoms with Crippen molar-refractivity contribution in [2.24, 2.45) is 0 Å². The van der Waals surface area contributed by atoms with Crippen molar-refractivity contribution in [2.45, 2.75) is 32.4 Å². The van der Waals surface area contributed by atoms with Crippen LogP contribution in [0.25, 0.3) is 0 Å². The minimum absolute atomic E-state index is 0.282. The molecule has 2 unspecified atom stereocenters. The first-order valence-electron chi connectivity index (χ1n) is 10.0. The molecule has 1 fully saturated rings. The van der Waals surface area contributed by atoms with Crippen LogP contribution >= 0.6 is 0 Å². The Hall–Kier alpha value is -2.49. The molecule has 1 aliphatic heterocycles. The van der Waals surface area contributed by atoms with Gasteiger partial charge in [-0.3, -0.25) is 9.88 Å². The molecule has 3 nitrogen and oxygen atoms in total. The fourth-order valence-corrected chi connectivity index (χ4v) is 3.44. The number of aryl methyl sites for hydroxylation is 1. The summed E-state index contributed by atoms with van der Waals surface area (Å²) in [7, 11) is 0. The summed E-state index contributed by atoms with van der Waals surface area (Å²) in [5.41, 5.74) is 3.82. The Kier molecular flexibility index (Phi) is 7.77. The lowest BCUT2D eigenvalue weighted by Gasteiger charge is -2.36. The second-order valence-electron chi connectivity index (χ2n) is 7.30. The van der Waals surface area contributed by atoms with Gasteiger partial charge in [0.1, 0.15) is 0 Å². The van der Waals surface area contributed by atoms with E-state index < -0.39 is 0 Å². The van der Waals surface area contributed by atoms with Crippen molar-refractivity contribution in [3.05, 3.63) is 102 Å². The van der Waals surface area contributed by atoms with Crippen LogP contribution < -0.4 is 0 Å². The van der Waals surface area contributed by atoms with Gasteiger partial charge in [0.25, 0.3) is 0 Å². The summed E-state index contributed by atoms with van der Waals surface area (Å²) in [5, 5.41) is 0. The first-order valence-corrected chi connectivity index (χ1v) is 10.0. The van der Waals surface area contributed by atoms with Gasteiger partial charge in [-0.1, -0.05) is 73.7 Å². The molecule has 0 N–H and O–H groups in total.